The molecule has 0 bridgehead atoms. The lowest BCUT2D eigenvalue weighted by Gasteiger charge is -2.37. The lowest BCUT2D eigenvalue weighted by Crippen LogP contribution is -2.47. The van der Waals surface area contributed by atoms with E-state index in [9.17, 15) is 19.8 Å². The van der Waals surface area contributed by atoms with E-state index in [0.29, 0.717) is 37.5 Å². The number of aliphatic carboxylic acids is 1. The number of hydrogen-bond donors (Lipinski definition) is 3. The third kappa shape index (κ3) is 7.74. The molecule has 3 aromatic carbocycles. The zero-order chi connectivity index (χ0) is 29.3. The number of nitrogens with zero attached hydrogens (tertiary/aromatic N) is 1. The van der Waals surface area contributed by atoms with Crippen molar-refractivity contribution in [2.75, 3.05) is 19.6 Å². The maximum absolute atomic E-state index is 12.7. The maximum Gasteiger partial charge on any atom is 0.325 e. The average Bonchev–Trinajstić information content (AvgIpc) is 2.99. The Morgan fingerprint density at radius 1 is 0.976 bits per heavy atom. The number of hydrogen-bond acceptors (Lipinski definition) is 6. The molecule has 1 aliphatic rings. The van der Waals surface area contributed by atoms with E-state index in [1.165, 1.54) is 0 Å². The minimum absolute atomic E-state index is 0.0423. The third-order valence-corrected chi connectivity index (χ3v) is 8.33. The van der Waals surface area contributed by atoms with Gasteiger partial charge in [0.05, 0.1) is 5.60 Å². The number of carbonyl (C=O) groups is 2. The number of nitrogens with one attached hydrogen (secondary N) is 1. The van der Waals surface area contributed by atoms with Gasteiger partial charge in [0.1, 0.15) is 6.04 Å². The van der Waals surface area contributed by atoms with Crippen molar-refractivity contribution < 1.29 is 24.6 Å². The molecule has 1 heterocycles. The molecule has 3 aromatic rings. The molecule has 0 aliphatic carbocycles. The smallest absolute Gasteiger partial charge is 0.325 e. The minimum atomic E-state index is -1.01. The molecule has 1 atom stereocenters. The fourth-order valence-corrected chi connectivity index (χ4v) is 5.87. The van der Waals surface area contributed by atoms with Crippen LogP contribution in [0.15, 0.2) is 84.9 Å². The molecule has 0 unspecified atom stereocenters. The van der Waals surface area contributed by atoms with Crippen LogP contribution in [0.2, 0.25) is 5.02 Å². The summed E-state index contributed by atoms with van der Waals surface area (Å²) in [5.41, 5.74) is 1.60. The molecule has 1 saturated heterocycles. The Kier molecular flexibility index (Phi) is 10.6. The summed E-state index contributed by atoms with van der Waals surface area (Å²) in [7, 11) is 0. The van der Waals surface area contributed by atoms with Gasteiger partial charge in [-0.25, -0.2) is 0 Å². The highest BCUT2D eigenvalue weighted by atomic mass is 35.5. The van der Waals surface area contributed by atoms with Gasteiger partial charge in [0, 0.05) is 36.5 Å². The largest absolute Gasteiger partial charge is 0.480 e. The van der Waals surface area contributed by atoms with Crippen LogP contribution in [0.1, 0.15) is 62.1 Å². The molecule has 1 fully saturated rings. The highest BCUT2D eigenvalue weighted by Gasteiger charge is 2.36. The van der Waals surface area contributed by atoms with E-state index in [0.717, 1.165) is 29.5 Å². The number of carboxylic acid groups (broad SMARTS) is 1. The highest BCUT2D eigenvalue weighted by molar-refractivity contribution is 6.30. The molecule has 0 aromatic heterocycles. The van der Waals surface area contributed by atoms with Crippen LogP contribution in [0.4, 0.5) is 0 Å². The molecule has 0 radical (unpaired) electrons. The van der Waals surface area contributed by atoms with Gasteiger partial charge >= 0.3 is 11.9 Å². The molecule has 0 saturated carbocycles. The van der Waals surface area contributed by atoms with E-state index in [-0.39, 0.29) is 12.8 Å². The number of hydroxylamine groups is 2. The summed E-state index contributed by atoms with van der Waals surface area (Å²) in [5.74, 6) is -1.49. The van der Waals surface area contributed by atoms with Crippen LogP contribution in [0.3, 0.4) is 0 Å². The van der Waals surface area contributed by atoms with Crippen molar-refractivity contribution in [1.82, 2.24) is 10.4 Å². The summed E-state index contributed by atoms with van der Waals surface area (Å²) in [6.07, 6.45) is 2.61. The Hall–Kier alpha value is -3.23. The second-order valence-electron chi connectivity index (χ2n) is 10.8. The Balaban J connectivity index is 1.35. The Bertz CT molecular complexity index is 1220. The minimum Gasteiger partial charge on any atom is -0.480 e. The summed E-state index contributed by atoms with van der Waals surface area (Å²) >= 11 is 5.97. The van der Waals surface area contributed by atoms with Crippen molar-refractivity contribution in [2.24, 2.45) is 0 Å². The molecule has 218 valence electrons. The van der Waals surface area contributed by atoms with Crippen molar-refractivity contribution in [2.45, 2.75) is 62.5 Å². The quantitative estimate of drug-likeness (QED) is 0.240. The van der Waals surface area contributed by atoms with Crippen LogP contribution in [0, 0.1) is 0 Å². The topological polar surface area (TPSA) is 99.1 Å². The molecular formula is C33H39ClN2O5. The van der Waals surface area contributed by atoms with Gasteiger partial charge in [-0.15, -0.1) is 5.06 Å². The van der Waals surface area contributed by atoms with Gasteiger partial charge in [-0.1, -0.05) is 97.7 Å². The molecule has 1 aliphatic heterocycles. The summed E-state index contributed by atoms with van der Waals surface area (Å²) < 4.78 is 0. The highest BCUT2D eigenvalue weighted by Crippen LogP contribution is 2.37. The molecule has 0 amide bonds. The van der Waals surface area contributed by atoms with Crippen LogP contribution >= 0.6 is 11.6 Å². The third-order valence-electron chi connectivity index (χ3n) is 8.08. The zero-order valence-electron chi connectivity index (χ0n) is 23.5. The molecule has 4 rings (SSSR count). The Morgan fingerprint density at radius 3 is 2.05 bits per heavy atom. The van der Waals surface area contributed by atoms with Crippen molar-refractivity contribution >= 4 is 23.5 Å². The van der Waals surface area contributed by atoms with Crippen LogP contribution < -0.4 is 5.32 Å². The van der Waals surface area contributed by atoms with Crippen molar-refractivity contribution in [3.05, 3.63) is 107 Å². The molecular weight excluding hydrogens is 540 g/mol. The lowest BCUT2D eigenvalue weighted by molar-refractivity contribution is -0.206. The van der Waals surface area contributed by atoms with Gasteiger partial charge in [-0.3, -0.25) is 9.59 Å². The summed E-state index contributed by atoms with van der Waals surface area (Å²) in [5, 5.41) is 26.5. The second-order valence-corrected chi connectivity index (χ2v) is 11.2. The number of carboxylic acids is 1. The van der Waals surface area contributed by atoms with Crippen molar-refractivity contribution in [1.29, 1.82) is 0 Å². The second kappa shape index (κ2) is 14.1. The number of benzene rings is 3. The van der Waals surface area contributed by atoms with Crippen LogP contribution in [-0.4, -0.2) is 52.9 Å². The van der Waals surface area contributed by atoms with E-state index in [1.807, 2.05) is 48.5 Å². The van der Waals surface area contributed by atoms with E-state index >= 15 is 0 Å². The van der Waals surface area contributed by atoms with Crippen LogP contribution in [-0.2, 0) is 25.4 Å². The maximum atomic E-state index is 12.7. The first-order valence-electron chi connectivity index (χ1n) is 14.3. The van der Waals surface area contributed by atoms with Gasteiger partial charge < -0.3 is 20.4 Å². The summed E-state index contributed by atoms with van der Waals surface area (Å²) in [4.78, 5) is 30.4. The first kappa shape index (κ1) is 30.7. The van der Waals surface area contributed by atoms with E-state index in [2.05, 4.69) is 36.5 Å². The molecule has 0 spiro atoms. The van der Waals surface area contributed by atoms with E-state index in [1.54, 1.807) is 17.2 Å². The normalized spacial score (nSPS) is 16.2. The number of rotatable bonds is 13. The SMILES string of the molecule is CCCC(CN[C@@H](CCC(=O)ON1CCC(O)(c2ccc(Cl)cc2)CC1)C(=O)O)(c1ccccc1)c1ccccc1. The standard InChI is InChI=1S/C33H39ClN2O5/c1-2-19-32(25-9-5-3-6-10-25,26-11-7-4-8-12-26)24-35-29(31(38)39)17-18-30(37)41-36-22-20-33(40,21-23-36)27-13-15-28(34)16-14-27/h3-16,29,35,40H,2,17-24H2,1H3,(H,38,39)/t29-/m0/s1. The fourth-order valence-electron chi connectivity index (χ4n) is 5.75. The summed E-state index contributed by atoms with van der Waals surface area (Å²) in [6, 6.07) is 26.5. The Morgan fingerprint density at radius 2 is 1.54 bits per heavy atom. The van der Waals surface area contributed by atoms with Gasteiger partial charge in [0.25, 0.3) is 0 Å². The van der Waals surface area contributed by atoms with Crippen LogP contribution in [0.25, 0.3) is 0 Å². The van der Waals surface area contributed by atoms with Gasteiger partial charge in [-0.2, -0.15) is 0 Å². The van der Waals surface area contributed by atoms with Crippen molar-refractivity contribution in [3.63, 3.8) is 0 Å². The van der Waals surface area contributed by atoms with Crippen LogP contribution in [0.5, 0.6) is 0 Å². The first-order chi connectivity index (χ1) is 19.8. The van der Waals surface area contributed by atoms with Crippen molar-refractivity contribution in [3.8, 4) is 0 Å². The van der Waals surface area contributed by atoms with E-state index in [4.69, 9.17) is 16.4 Å². The zero-order valence-corrected chi connectivity index (χ0v) is 24.2. The fraction of sp³-hybridized carbons (Fsp3) is 0.394. The molecule has 8 heteroatoms. The lowest BCUT2D eigenvalue weighted by atomic mass is 9.71. The predicted molar refractivity (Wildman–Crippen MR) is 159 cm³/mol. The molecule has 7 nitrogen and oxygen atoms in total. The average molecular weight is 579 g/mol. The number of carbonyl (C=O) groups excluding carboxylic acids is 1. The monoisotopic (exact) mass is 578 g/mol. The Labute approximate surface area is 247 Å². The summed E-state index contributed by atoms with van der Waals surface area (Å²) in [6.45, 7) is 3.29. The number of aliphatic hydroxyl groups is 1. The number of halogens is 1. The molecule has 41 heavy (non-hydrogen) atoms. The van der Waals surface area contributed by atoms with Gasteiger partial charge in [-0.05, 0) is 54.5 Å². The number of piperidine rings is 1. The first-order valence-corrected chi connectivity index (χ1v) is 14.6. The predicted octanol–water partition coefficient (Wildman–Crippen LogP) is 5.69. The van der Waals surface area contributed by atoms with Gasteiger partial charge in [0.2, 0.25) is 0 Å². The molecule has 3 N–H and O–H groups in total. The van der Waals surface area contributed by atoms with E-state index < -0.39 is 29.0 Å². The van der Waals surface area contributed by atoms with Gasteiger partial charge in [0.15, 0.2) is 0 Å².